The lowest BCUT2D eigenvalue weighted by atomic mass is 10.2. The normalized spacial score (nSPS) is 10.3. The molecule has 18 heavy (non-hydrogen) atoms. The maximum Gasteiger partial charge on any atom is 0.337 e. The molecule has 1 N–H and O–H groups in total. The van der Waals surface area contributed by atoms with Crippen molar-refractivity contribution in [2.45, 2.75) is 17.6 Å². The van der Waals surface area contributed by atoms with E-state index in [1.165, 1.54) is 16.7 Å². The average Bonchev–Trinajstić information content (AvgIpc) is 2.37. The van der Waals surface area contributed by atoms with E-state index in [-0.39, 0.29) is 5.56 Å². The molecule has 0 radical (unpaired) electrons. The Balaban J connectivity index is 2.00. The smallest absolute Gasteiger partial charge is 0.337 e. The topological polar surface area (TPSA) is 50.2 Å². The minimum Gasteiger partial charge on any atom is -0.478 e. The predicted octanol–water partition coefficient (Wildman–Crippen LogP) is 3.38. The summed E-state index contributed by atoms with van der Waals surface area (Å²) in [6.45, 7) is 2.06. The highest BCUT2D eigenvalue weighted by Gasteiger charge is 2.03. The molecule has 4 heteroatoms. The van der Waals surface area contributed by atoms with Crippen LogP contribution in [0.25, 0.3) is 0 Å². The zero-order chi connectivity index (χ0) is 13.0. The summed E-state index contributed by atoms with van der Waals surface area (Å²) in [7, 11) is 0. The van der Waals surface area contributed by atoms with Gasteiger partial charge in [0.1, 0.15) is 0 Å². The van der Waals surface area contributed by atoms with E-state index in [1.54, 1.807) is 23.9 Å². The van der Waals surface area contributed by atoms with Crippen LogP contribution in [0.4, 0.5) is 0 Å². The number of nitrogens with zero attached hydrogens (tertiary/aromatic N) is 1. The van der Waals surface area contributed by atoms with Gasteiger partial charge in [-0.15, -0.1) is 11.8 Å². The van der Waals surface area contributed by atoms with Gasteiger partial charge >= 0.3 is 5.97 Å². The molecular weight excluding hydrogens is 246 g/mol. The number of hydrogen-bond acceptors (Lipinski definition) is 3. The van der Waals surface area contributed by atoms with E-state index in [1.807, 2.05) is 6.07 Å². The van der Waals surface area contributed by atoms with E-state index >= 15 is 0 Å². The zero-order valence-electron chi connectivity index (χ0n) is 9.96. The van der Waals surface area contributed by atoms with E-state index in [0.29, 0.717) is 0 Å². The van der Waals surface area contributed by atoms with Crippen molar-refractivity contribution in [2.75, 3.05) is 0 Å². The van der Waals surface area contributed by atoms with Gasteiger partial charge in [0.15, 0.2) is 0 Å². The fourth-order valence-electron chi connectivity index (χ4n) is 1.50. The summed E-state index contributed by atoms with van der Waals surface area (Å²) in [5, 5.41) is 8.77. The molecular formula is C14H13NO2S. The van der Waals surface area contributed by atoms with Gasteiger partial charge in [0, 0.05) is 16.8 Å². The van der Waals surface area contributed by atoms with E-state index in [9.17, 15) is 4.79 Å². The first-order valence-corrected chi connectivity index (χ1v) is 6.51. The number of benzene rings is 1. The van der Waals surface area contributed by atoms with Gasteiger partial charge in [-0.2, -0.15) is 0 Å². The molecule has 0 aliphatic carbocycles. The molecule has 1 aromatic heterocycles. The molecule has 2 rings (SSSR count). The highest BCUT2D eigenvalue weighted by Crippen LogP contribution is 2.22. The van der Waals surface area contributed by atoms with Crippen molar-refractivity contribution < 1.29 is 9.90 Å². The number of aryl methyl sites for hydroxylation is 1. The maximum absolute atomic E-state index is 10.7. The molecule has 0 atom stereocenters. The number of hydrogen-bond donors (Lipinski definition) is 1. The second-order valence-electron chi connectivity index (χ2n) is 3.95. The number of thioether (sulfide) groups is 1. The molecule has 1 aromatic carbocycles. The molecule has 0 aliphatic rings. The molecule has 2 aromatic rings. The Kier molecular flexibility index (Phi) is 3.99. The van der Waals surface area contributed by atoms with Gasteiger partial charge in [0.05, 0.1) is 11.3 Å². The van der Waals surface area contributed by atoms with Crippen molar-refractivity contribution in [1.82, 2.24) is 4.98 Å². The Labute approximate surface area is 110 Å². The Bertz CT molecular complexity index is 552. The third-order valence-corrected chi connectivity index (χ3v) is 3.48. The third-order valence-electron chi connectivity index (χ3n) is 2.45. The lowest BCUT2D eigenvalue weighted by molar-refractivity contribution is 0.0696. The molecule has 0 saturated carbocycles. The zero-order valence-corrected chi connectivity index (χ0v) is 10.8. The van der Waals surface area contributed by atoms with Crippen LogP contribution in [0, 0.1) is 6.92 Å². The first kappa shape index (κ1) is 12.6. The number of rotatable bonds is 4. The standard InChI is InChI=1S/C14H13NO2S/c1-10-3-2-4-13(7-10)18-9-12-6-5-11(8-15-12)14(16)17/h2-8H,9H2,1H3,(H,16,17). The van der Waals surface area contributed by atoms with Crippen LogP contribution in [-0.2, 0) is 5.75 Å². The van der Waals surface area contributed by atoms with E-state index in [0.717, 1.165) is 11.4 Å². The van der Waals surface area contributed by atoms with Crippen LogP contribution < -0.4 is 0 Å². The lowest BCUT2D eigenvalue weighted by Crippen LogP contribution is -1.98. The van der Waals surface area contributed by atoms with Gasteiger partial charge in [0.2, 0.25) is 0 Å². The number of pyridine rings is 1. The third kappa shape index (κ3) is 3.34. The van der Waals surface area contributed by atoms with Crippen LogP contribution >= 0.6 is 11.8 Å². The highest BCUT2D eigenvalue weighted by atomic mass is 32.2. The molecule has 3 nitrogen and oxygen atoms in total. The predicted molar refractivity (Wildman–Crippen MR) is 71.9 cm³/mol. The van der Waals surface area contributed by atoms with Gasteiger partial charge in [-0.1, -0.05) is 17.7 Å². The molecule has 0 bridgehead atoms. The summed E-state index contributed by atoms with van der Waals surface area (Å²) in [6.07, 6.45) is 1.40. The fraction of sp³-hybridized carbons (Fsp3) is 0.143. The summed E-state index contributed by atoms with van der Waals surface area (Å²) < 4.78 is 0. The van der Waals surface area contributed by atoms with Crippen LogP contribution in [0.1, 0.15) is 21.6 Å². The van der Waals surface area contributed by atoms with Crippen LogP contribution in [0.15, 0.2) is 47.5 Å². The van der Waals surface area contributed by atoms with Crippen molar-refractivity contribution in [3.8, 4) is 0 Å². The van der Waals surface area contributed by atoms with E-state index < -0.39 is 5.97 Å². The van der Waals surface area contributed by atoms with Crippen molar-refractivity contribution in [2.24, 2.45) is 0 Å². The molecule has 1 heterocycles. The number of carbonyl (C=O) groups is 1. The van der Waals surface area contributed by atoms with Crippen LogP contribution in [0.3, 0.4) is 0 Å². The van der Waals surface area contributed by atoms with Crippen LogP contribution in [-0.4, -0.2) is 16.1 Å². The van der Waals surface area contributed by atoms with Gasteiger partial charge in [-0.3, -0.25) is 4.98 Å². The molecule has 0 amide bonds. The highest BCUT2D eigenvalue weighted by molar-refractivity contribution is 7.98. The monoisotopic (exact) mass is 259 g/mol. The lowest BCUT2D eigenvalue weighted by Gasteiger charge is -2.03. The first-order valence-electron chi connectivity index (χ1n) is 5.53. The number of carboxylic acids is 1. The maximum atomic E-state index is 10.7. The second kappa shape index (κ2) is 5.69. The summed E-state index contributed by atoms with van der Waals surface area (Å²) in [6, 6.07) is 11.6. The Morgan fingerprint density at radius 3 is 2.78 bits per heavy atom. The largest absolute Gasteiger partial charge is 0.478 e. The van der Waals surface area contributed by atoms with E-state index in [4.69, 9.17) is 5.11 Å². The van der Waals surface area contributed by atoms with Crippen molar-refractivity contribution in [1.29, 1.82) is 0 Å². The second-order valence-corrected chi connectivity index (χ2v) is 5.00. The molecule has 0 aliphatic heterocycles. The molecule has 0 saturated heterocycles. The Hall–Kier alpha value is -1.81. The summed E-state index contributed by atoms with van der Waals surface area (Å²) in [5.41, 5.74) is 2.33. The molecule has 0 unspecified atom stereocenters. The Morgan fingerprint density at radius 1 is 1.33 bits per heavy atom. The first-order chi connectivity index (χ1) is 8.65. The fourth-order valence-corrected chi connectivity index (χ4v) is 2.43. The summed E-state index contributed by atoms with van der Waals surface area (Å²) in [5.74, 6) is -0.205. The van der Waals surface area contributed by atoms with Gasteiger partial charge < -0.3 is 5.11 Å². The average molecular weight is 259 g/mol. The van der Waals surface area contributed by atoms with Gasteiger partial charge in [0.25, 0.3) is 0 Å². The number of carboxylic acid groups (broad SMARTS) is 1. The van der Waals surface area contributed by atoms with Crippen molar-refractivity contribution >= 4 is 17.7 Å². The summed E-state index contributed by atoms with van der Waals surface area (Å²) >= 11 is 1.69. The van der Waals surface area contributed by atoms with Crippen molar-refractivity contribution in [3.05, 3.63) is 59.4 Å². The minimum atomic E-state index is -0.944. The number of aromatic carboxylic acids is 1. The summed E-state index contributed by atoms with van der Waals surface area (Å²) in [4.78, 5) is 16.0. The molecule has 92 valence electrons. The van der Waals surface area contributed by atoms with E-state index in [2.05, 4.69) is 30.1 Å². The number of aromatic nitrogens is 1. The van der Waals surface area contributed by atoms with Crippen molar-refractivity contribution in [3.63, 3.8) is 0 Å². The molecule has 0 fully saturated rings. The van der Waals surface area contributed by atoms with Gasteiger partial charge in [-0.05, 0) is 31.2 Å². The Morgan fingerprint density at radius 2 is 2.17 bits per heavy atom. The van der Waals surface area contributed by atoms with Crippen LogP contribution in [0.5, 0.6) is 0 Å². The quantitative estimate of drug-likeness (QED) is 0.855. The van der Waals surface area contributed by atoms with Gasteiger partial charge in [-0.25, -0.2) is 4.79 Å². The molecule has 0 spiro atoms. The SMILES string of the molecule is Cc1cccc(SCc2ccc(C(=O)O)cn2)c1. The minimum absolute atomic E-state index is 0.222. The van der Waals surface area contributed by atoms with Crippen LogP contribution in [0.2, 0.25) is 0 Å².